The molecule has 0 radical (unpaired) electrons. The van der Waals surface area contributed by atoms with E-state index in [0.29, 0.717) is 0 Å². The largest absolute Gasteiger partial charge is 0.324 e. The van der Waals surface area contributed by atoms with Gasteiger partial charge in [-0.15, -0.1) is 12.4 Å². The van der Waals surface area contributed by atoms with Crippen molar-refractivity contribution < 1.29 is 0 Å². The van der Waals surface area contributed by atoms with Gasteiger partial charge in [-0.1, -0.05) is 55.8 Å². The second-order valence-corrected chi connectivity index (χ2v) is 3.96. The van der Waals surface area contributed by atoms with Gasteiger partial charge in [0.25, 0.3) is 0 Å². The number of benzene rings is 2. The Morgan fingerprint density at radius 2 is 1.75 bits per heavy atom. The van der Waals surface area contributed by atoms with Gasteiger partial charge in [0.2, 0.25) is 0 Å². The molecule has 0 amide bonds. The Kier molecular flexibility index (Phi) is 4.78. The molecule has 0 saturated heterocycles. The molecule has 1 atom stereocenters. The summed E-state index contributed by atoms with van der Waals surface area (Å²) in [7, 11) is 0. The molecule has 2 aromatic carbocycles. The third-order valence-electron chi connectivity index (χ3n) is 2.82. The van der Waals surface area contributed by atoms with Crippen molar-refractivity contribution in [3.05, 3.63) is 48.0 Å². The molecular formula is C14H18ClN. The van der Waals surface area contributed by atoms with Crippen LogP contribution in [0.3, 0.4) is 0 Å². The second kappa shape index (κ2) is 5.88. The highest BCUT2D eigenvalue weighted by Gasteiger charge is 2.07. The zero-order chi connectivity index (χ0) is 10.7. The zero-order valence-corrected chi connectivity index (χ0v) is 10.3. The molecular weight excluding hydrogens is 218 g/mol. The number of hydrogen-bond donors (Lipinski definition) is 1. The summed E-state index contributed by atoms with van der Waals surface area (Å²) in [4.78, 5) is 0. The smallest absolute Gasteiger partial charge is 0.0300 e. The van der Waals surface area contributed by atoms with Crippen LogP contribution in [-0.2, 0) is 0 Å². The number of nitrogens with two attached hydrogens (primary N) is 1. The van der Waals surface area contributed by atoms with Crippen LogP contribution in [0.5, 0.6) is 0 Å². The van der Waals surface area contributed by atoms with Gasteiger partial charge in [0.1, 0.15) is 0 Å². The van der Waals surface area contributed by atoms with Crippen molar-refractivity contribution >= 4 is 23.2 Å². The molecule has 0 aliphatic carbocycles. The quantitative estimate of drug-likeness (QED) is 0.853. The van der Waals surface area contributed by atoms with E-state index in [2.05, 4.69) is 49.4 Å². The maximum atomic E-state index is 6.17. The molecule has 0 spiro atoms. The lowest BCUT2D eigenvalue weighted by Gasteiger charge is -2.13. The first-order valence-electron chi connectivity index (χ1n) is 5.56. The Balaban J connectivity index is 0.00000128. The molecule has 0 bridgehead atoms. The molecule has 2 rings (SSSR count). The fourth-order valence-electron chi connectivity index (χ4n) is 2.04. The number of halogens is 1. The molecule has 0 aromatic heterocycles. The predicted molar refractivity (Wildman–Crippen MR) is 73.0 cm³/mol. The molecule has 16 heavy (non-hydrogen) atoms. The van der Waals surface area contributed by atoms with Crippen LogP contribution in [0, 0.1) is 0 Å². The molecule has 2 N–H and O–H groups in total. The molecule has 2 aromatic rings. The van der Waals surface area contributed by atoms with Gasteiger partial charge in [0.05, 0.1) is 0 Å². The fourth-order valence-corrected chi connectivity index (χ4v) is 2.04. The van der Waals surface area contributed by atoms with Gasteiger partial charge in [0.15, 0.2) is 0 Å². The van der Waals surface area contributed by atoms with Crippen LogP contribution in [0.25, 0.3) is 10.8 Å². The van der Waals surface area contributed by atoms with Crippen LogP contribution in [0.4, 0.5) is 0 Å². The maximum Gasteiger partial charge on any atom is 0.0300 e. The lowest BCUT2D eigenvalue weighted by atomic mass is 9.97. The van der Waals surface area contributed by atoms with Crippen LogP contribution < -0.4 is 5.73 Å². The molecule has 0 unspecified atom stereocenters. The van der Waals surface area contributed by atoms with E-state index < -0.39 is 0 Å². The summed E-state index contributed by atoms with van der Waals surface area (Å²) in [5, 5.41) is 2.57. The first kappa shape index (κ1) is 13.0. The third kappa shape index (κ3) is 2.55. The lowest BCUT2D eigenvalue weighted by Crippen LogP contribution is -2.09. The van der Waals surface area contributed by atoms with Crippen molar-refractivity contribution in [1.29, 1.82) is 0 Å². The summed E-state index contributed by atoms with van der Waals surface area (Å²) in [5.74, 6) is 0. The highest BCUT2D eigenvalue weighted by Crippen LogP contribution is 2.25. The minimum Gasteiger partial charge on any atom is -0.324 e. The van der Waals surface area contributed by atoms with Gasteiger partial charge < -0.3 is 5.73 Å². The first-order chi connectivity index (χ1) is 7.33. The number of rotatable bonds is 3. The normalized spacial score (nSPS) is 12.1. The fraction of sp³-hybridized carbons (Fsp3) is 0.286. The summed E-state index contributed by atoms with van der Waals surface area (Å²) in [6, 6.07) is 15.0. The van der Waals surface area contributed by atoms with Crippen LogP contribution in [0.1, 0.15) is 31.4 Å². The van der Waals surface area contributed by atoms with Crippen molar-refractivity contribution in [2.75, 3.05) is 0 Å². The first-order valence-corrected chi connectivity index (χ1v) is 5.56. The van der Waals surface area contributed by atoms with Crippen LogP contribution >= 0.6 is 12.4 Å². The average molecular weight is 236 g/mol. The van der Waals surface area contributed by atoms with E-state index in [4.69, 9.17) is 5.73 Å². The van der Waals surface area contributed by atoms with E-state index in [1.54, 1.807) is 0 Å². The van der Waals surface area contributed by atoms with E-state index in [1.165, 1.54) is 16.3 Å². The Labute approximate surface area is 103 Å². The van der Waals surface area contributed by atoms with Crippen molar-refractivity contribution in [3.8, 4) is 0 Å². The maximum absolute atomic E-state index is 6.17. The van der Waals surface area contributed by atoms with E-state index in [9.17, 15) is 0 Å². The van der Waals surface area contributed by atoms with Crippen LogP contribution in [0.15, 0.2) is 42.5 Å². The van der Waals surface area contributed by atoms with Gasteiger partial charge in [-0.25, -0.2) is 0 Å². The molecule has 0 aliphatic rings. The molecule has 0 heterocycles. The van der Waals surface area contributed by atoms with Crippen molar-refractivity contribution in [3.63, 3.8) is 0 Å². The molecule has 86 valence electrons. The lowest BCUT2D eigenvalue weighted by molar-refractivity contribution is 0.642. The second-order valence-electron chi connectivity index (χ2n) is 3.96. The summed E-state index contributed by atoms with van der Waals surface area (Å²) in [5.41, 5.74) is 7.44. The minimum atomic E-state index is 0. The highest BCUT2D eigenvalue weighted by molar-refractivity contribution is 5.86. The average Bonchev–Trinajstić information content (AvgIpc) is 2.28. The molecule has 0 saturated carbocycles. The monoisotopic (exact) mass is 235 g/mol. The van der Waals surface area contributed by atoms with Crippen molar-refractivity contribution in [2.45, 2.75) is 25.8 Å². The number of hydrogen-bond acceptors (Lipinski definition) is 1. The topological polar surface area (TPSA) is 26.0 Å². The number of fused-ring (bicyclic) bond motifs is 1. The Hall–Kier alpha value is -1.05. The molecule has 0 aliphatic heterocycles. The van der Waals surface area contributed by atoms with Crippen LogP contribution in [-0.4, -0.2) is 0 Å². The van der Waals surface area contributed by atoms with Crippen molar-refractivity contribution in [2.24, 2.45) is 5.73 Å². The summed E-state index contributed by atoms with van der Waals surface area (Å²) >= 11 is 0. The van der Waals surface area contributed by atoms with Crippen molar-refractivity contribution in [1.82, 2.24) is 0 Å². The standard InChI is InChI=1S/C14H17N.ClH/c1-2-6-14(15)13-10-5-8-11-7-3-4-9-12(11)13;/h3-5,7-10,14H,2,6,15H2,1H3;1H/t14-;/m0./s1. The zero-order valence-electron chi connectivity index (χ0n) is 9.52. The van der Waals surface area contributed by atoms with Gasteiger partial charge in [0, 0.05) is 6.04 Å². The summed E-state index contributed by atoms with van der Waals surface area (Å²) < 4.78 is 0. The highest BCUT2D eigenvalue weighted by atomic mass is 35.5. The van der Waals surface area contributed by atoms with E-state index >= 15 is 0 Å². The van der Waals surface area contributed by atoms with E-state index in [-0.39, 0.29) is 18.4 Å². The Morgan fingerprint density at radius 3 is 2.50 bits per heavy atom. The van der Waals surface area contributed by atoms with E-state index in [0.717, 1.165) is 12.8 Å². The predicted octanol–water partition coefficient (Wildman–Crippen LogP) is 4.06. The molecule has 1 nitrogen and oxygen atoms in total. The van der Waals surface area contributed by atoms with Gasteiger partial charge in [-0.2, -0.15) is 0 Å². The molecule has 0 fully saturated rings. The Morgan fingerprint density at radius 1 is 1.06 bits per heavy atom. The third-order valence-corrected chi connectivity index (χ3v) is 2.82. The van der Waals surface area contributed by atoms with Gasteiger partial charge >= 0.3 is 0 Å². The van der Waals surface area contributed by atoms with Gasteiger partial charge in [-0.3, -0.25) is 0 Å². The SMILES string of the molecule is CCC[C@H](N)c1cccc2ccccc12.Cl. The summed E-state index contributed by atoms with van der Waals surface area (Å²) in [6.45, 7) is 2.17. The molecule has 2 heteroatoms. The summed E-state index contributed by atoms with van der Waals surface area (Å²) in [6.07, 6.45) is 2.18. The minimum absolute atomic E-state index is 0. The van der Waals surface area contributed by atoms with Gasteiger partial charge in [-0.05, 0) is 22.8 Å². The Bertz CT molecular complexity index is 448. The van der Waals surface area contributed by atoms with Crippen LogP contribution in [0.2, 0.25) is 0 Å². The van der Waals surface area contributed by atoms with E-state index in [1.807, 2.05) is 0 Å².